The van der Waals surface area contributed by atoms with Gasteiger partial charge in [-0.25, -0.2) is 0 Å². The van der Waals surface area contributed by atoms with Crippen LogP contribution in [0.3, 0.4) is 0 Å². The highest BCUT2D eigenvalue weighted by atomic mass is 35.5. The first-order chi connectivity index (χ1) is 11.1. The van der Waals surface area contributed by atoms with Crippen molar-refractivity contribution in [2.24, 2.45) is 11.8 Å². The number of nitrogens with one attached hydrogen (secondary N) is 1. The average Bonchev–Trinajstić information content (AvgIpc) is 3.20. The van der Waals surface area contributed by atoms with Gasteiger partial charge < -0.3 is 10.2 Å². The van der Waals surface area contributed by atoms with Gasteiger partial charge in [0.25, 0.3) is 0 Å². The zero-order chi connectivity index (χ0) is 16.1. The van der Waals surface area contributed by atoms with Crippen molar-refractivity contribution in [2.75, 3.05) is 27.2 Å². The van der Waals surface area contributed by atoms with Crippen molar-refractivity contribution in [3.8, 4) is 0 Å². The first-order valence-electron chi connectivity index (χ1n) is 8.84. The minimum Gasteiger partial charge on any atom is -0.334 e. The zero-order valence-electron chi connectivity index (χ0n) is 15.1. The number of likely N-dealkylation sites (N-methyl/N-ethyl adjacent to an activating group) is 1. The van der Waals surface area contributed by atoms with Crippen molar-refractivity contribution in [1.29, 1.82) is 0 Å². The van der Waals surface area contributed by atoms with Crippen LogP contribution in [0.1, 0.15) is 30.0 Å². The Bertz CT molecular complexity index is 606. The molecule has 1 aromatic carbocycles. The Morgan fingerprint density at radius 2 is 1.68 bits per heavy atom. The molecule has 5 atom stereocenters. The molecule has 2 bridgehead atoms. The number of rotatable bonds is 3. The normalized spacial score (nSPS) is 30.6. The molecule has 4 nitrogen and oxygen atoms in total. The van der Waals surface area contributed by atoms with E-state index in [2.05, 4.69) is 34.2 Å². The van der Waals surface area contributed by atoms with Gasteiger partial charge >= 0.3 is 0 Å². The van der Waals surface area contributed by atoms with E-state index in [1.807, 2.05) is 26.2 Å². The summed E-state index contributed by atoms with van der Waals surface area (Å²) in [6.45, 7) is 4.29. The van der Waals surface area contributed by atoms with E-state index < -0.39 is 0 Å². The number of amides is 1. The highest BCUT2D eigenvalue weighted by Crippen LogP contribution is 2.48. The number of hydrogen-bond acceptors (Lipinski definition) is 3. The van der Waals surface area contributed by atoms with Crippen LogP contribution in [0, 0.1) is 18.8 Å². The second kappa shape index (κ2) is 7.83. The molecule has 3 aliphatic rings. The molecule has 1 aromatic rings. The van der Waals surface area contributed by atoms with Crippen LogP contribution in [0.15, 0.2) is 24.3 Å². The van der Waals surface area contributed by atoms with E-state index in [0.29, 0.717) is 29.8 Å². The van der Waals surface area contributed by atoms with Crippen molar-refractivity contribution < 1.29 is 4.79 Å². The molecule has 0 aromatic heterocycles. The maximum atomic E-state index is 13.5. The number of aryl methyl sites for hydroxylation is 1. The lowest BCUT2D eigenvalue weighted by atomic mass is 9.82. The Balaban J connectivity index is 0.00000113. The minimum atomic E-state index is -0.161. The SMILES string of the molecule is Cc1ccccc1C(C(=O)N1[C@@H]2CC[C@H]1[C@H]1CNC[C@H]12)N(C)C.Cl.Cl. The molecule has 3 saturated heterocycles. The number of hydrogen-bond donors (Lipinski definition) is 1. The Morgan fingerprint density at radius 1 is 1.12 bits per heavy atom. The van der Waals surface area contributed by atoms with Gasteiger partial charge in [-0.2, -0.15) is 0 Å². The molecule has 1 amide bonds. The number of halogens is 2. The highest BCUT2D eigenvalue weighted by molar-refractivity contribution is 5.86. The van der Waals surface area contributed by atoms with Gasteiger partial charge in [0, 0.05) is 25.2 Å². The van der Waals surface area contributed by atoms with Gasteiger partial charge in [-0.1, -0.05) is 24.3 Å². The number of benzene rings is 1. The summed E-state index contributed by atoms with van der Waals surface area (Å²) in [5.74, 6) is 1.67. The van der Waals surface area contributed by atoms with Gasteiger partial charge in [-0.3, -0.25) is 9.69 Å². The standard InChI is InChI=1S/C19H27N3O.2ClH/c1-12-6-4-5-7-13(12)18(21(2)3)19(23)22-16-8-9-17(22)15-11-20-10-14(15)16;;/h4-7,14-18,20H,8-11H2,1-3H3;2*1H/t14-,15+,16-,17+,18?;;. The van der Waals surface area contributed by atoms with Crippen molar-refractivity contribution in [3.05, 3.63) is 35.4 Å². The van der Waals surface area contributed by atoms with Crippen molar-refractivity contribution in [2.45, 2.75) is 37.9 Å². The predicted molar refractivity (Wildman–Crippen MR) is 106 cm³/mol. The molecule has 6 heteroatoms. The second-order valence-electron chi connectivity index (χ2n) is 7.67. The lowest BCUT2D eigenvalue weighted by molar-refractivity contribution is -0.138. The molecule has 140 valence electrons. The summed E-state index contributed by atoms with van der Waals surface area (Å²) in [4.78, 5) is 17.8. The largest absolute Gasteiger partial charge is 0.334 e. The number of carbonyl (C=O) groups is 1. The molecule has 0 aliphatic carbocycles. The van der Waals surface area contributed by atoms with Crippen LogP contribution in [-0.4, -0.2) is 55.0 Å². The van der Waals surface area contributed by atoms with Crippen molar-refractivity contribution >= 4 is 30.7 Å². The third kappa shape index (κ3) is 3.18. The lowest BCUT2D eigenvalue weighted by Crippen LogP contribution is -2.45. The van der Waals surface area contributed by atoms with E-state index >= 15 is 0 Å². The summed E-state index contributed by atoms with van der Waals surface area (Å²) in [6.07, 6.45) is 2.38. The molecule has 1 unspecified atom stereocenters. The molecule has 0 saturated carbocycles. The maximum Gasteiger partial charge on any atom is 0.245 e. The molecule has 3 fully saturated rings. The first-order valence-corrected chi connectivity index (χ1v) is 8.84. The molecule has 3 heterocycles. The molecule has 4 rings (SSSR count). The van der Waals surface area contributed by atoms with E-state index in [-0.39, 0.29) is 30.9 Å². The van der Waals surface area contributed by atoms with Crippen LogP contribution in [0.5, 0.6) is 0 Å². The zero-order valence-corrected chi connectivity index (χ0v) is 16.8. The summed E-state index contributed by atoms with van der Waals surface area (Å²) in [5.41, 5.74) is 2.35. The van der Waals surface area contributed by atoms with Crippen LogP contribution >= 0.6 is 24.8 Å². The molecular weight excluding hydrogens is 357 g/mol. The van der Waals surface area contributed by atoms with E-state index in [1.54, 1.807) is 0 Å². The fraction of sp³-hybridized carbons (Fsp3) is 0.632. The first kappa shape index (κ1) is 20.5. The summed E-state index contributed by atoms with van der Waals surface area (Å²) in [5, 5.41) is 3.53. The Morgan fingerprint density at radius 3 is 2.20 bits per heavy atom. The topological polar surface area (TPSA) is 35.6 Å². The fourth-order valence-corrected chi connectivity index (χ4v) is 5.26. The Hall–Kier alpha value is -0.810. The molecule has 3 aliphatic heterocycles. The molecule has 0 radical (unpaired) electrons. The van der Waals surface area contributed by atoms with Crippen LogP contribution in [-0.2, 0) is 4.79 Å². The summed E-state index contributed by atoms with van der Waals surface area (Å²) < 4.78 is 0. The van der Waals surface area contributed by atoms with E-state index in [0.717, 1.165) is 18.7 Å². The average molecular weight is 386 g/mol. The van der Waals surface area contributed by atoms with Gasteiger partial charge in [0.05, 0.1) is 0 Å². The van der Waals surface area contributed by atoms with E-state index in [1.165, 1.54) is 18.4 Å². The van der Waals surface area contributed by atoms with Crippen molar-refractivity contribution in [1.82, 2.24) is 15.1 Å². The van der Waals surface area contributed by atoms with E-state index in [4.69, 9.17) is 0 Å². The third-order valence-corrected chi connectivity index (χ3v) is 6.26. The molecule has 1 N–H and O–H groups in total. The predicted octanol–water partition coefficient (Wildman–Crippen LogP) is 2.65. The fourth-order valence-electron chi connectivity index (χ4n) is 5.26. The summed E-state index contributed by atoms with van der Waals surface area (Å²) >= 11 is 0. The van der Waals surface area contributed by atoms with Crippen LogP contribution in [0.2, 0.25) is 0 Å². The maximum absolute atomic E-state index is 13.5. The van der Waals surface area contributed by atoms with Gasteiger partial charge in [-0.05, 0) is 56.8 Å². The minimum absolute atomic E-state index is 0. The smallest absolute Gasteiger partial charge is 0.245 e. The monoisotopic (exact) mass is 385 g/mol. The van der Waals surface area contributed by atoms with Crippen LogP contribution < -0.4 is 5.32 Å². The molecule has 25 heavy (non-hydrogen) atoms. The number of fused-ring (bicyclic) bond motifs is 5. The second-order valence-corrected chi connectivity index (χ2v) is 7.67. The quantitative estimate of drug-likeness (QED) is 0.868. The summed E-state index contributed by atoms with van der Waals surface area (Å²) in [7, 11) is 4.05. The third-order valence-electron chi connectivity index (χ3n) is 6.26. The molecule has 0 spiro atoms. The van der Waals surface area contributed by atoms with E-state index in [9.17, 15) is 4.79 Å². The van der Waals surface area contributed by atoms with Gasteiger partial charge in [0.2, 0.25) is 5.91 Å². The lowest BCUT2D eigenvalue weighted by Gasteiger charge is -2.33. The van der Waals surface area contributed by atoms with Crippen molar-refractivity contribution in [3.63, 3.8) is 0 Å². The Kier molecular flexibility index (Phi) is 6.42. The van der Waals surface area contributed by atoms with Crippen LogP contribution in [0.25, 0.3) is 0 Å². The number of carbonyl (C=O) groups excluding carboxylic acids is 1. The van der Waals surface area contributed by atoms with Gasteiger partial charge in [0.1, 0.15) is 6.04 Å². The van der Waals surface area contributed by atoms with Gasteiger partial charge in [-0.15, -0.1) is 24.8 Å². The summed E-state index contributed by atoms with van der Waals surface area (Å²) in [6, 6.07) is 9.06. The van der Waals surface area contributed by atoms with Crippen LogP contribution in [0.4, 0.5) is 0 Å². The van der Waals surface area contributed by atoms with Gasteiger partial charge in [0.15, 0.2) is 0 Å². The molecular formula is C19H29Cl2N3O. The number of nitrogens with zero attached hydrogens (tertiary/aromatic N) is 2. The Labute approximate surface area is 163 Å². The highest BCUT2D eigenvalue weighted by Gasteiger charge is 2.57.